The molecule has 2 aliphatic carbocycles. The van der Waals surface area contributed by atoms with Gasteiger partial charge in [-0.1, -0.05) is 43.8 Å². The molecule has 0 aromatic heterocycles. The fourth-order valence-corrected chi connectivity index (χ4v) is 3.06. The zero-order valence-electron chi connectivity index (χ0n) is 9.43. The van der Waals surface area contributed by atoms with E-state index < -0.39 is 0 Å². The molecule has 2 aliphatic rings. The van der Waals surface area contributed by atoms with E-state index in [1.54, 1.807) is 0 Å². The summed E-state index contributed by atoms with van der Waals surface area (Å²) in [6, 6.07) is 0. The van der Waals surface area contributed by atoms with E-state index in [-0.39, 0.29) is 0 Å². The number of hydrogen-bond acceptors (Lipinski definition) is 0. The van der Waals surface area contributed by atoms with Crippen molar-refractivity contribution in [3.63, 3.8) is 0 Å². The van der Waals surface area contributed by atoms with Crippen LogP contribution in [0.4, 0.5) is 0 Å². The zero-order chi connectivity index (χ0) is 9.64. The maximum absolute atomic E-state index is 2.59. The van der Waals surface area contributed by atoms with E-state index in [1.165, 1.54) is 70.6 Å². The summed E-state index contributed by atoms with van der Waals surface area (Å²) in [7, 11) is 0. The van der Waals surface area contributed by atoms with Crippen molar-refractivity contribution in [3.8, 4) is 0 Å². The van der Waals surface area contributed by atoms with Gasteiger partial charge in [-0.05, 0) is 44.4 Å². The van der Waals surface area contributed by atoms with Gasteiger partial charge in [0.2, 0.25) is 0 Å². The summed E-state index contributed by atoms with van der Waals surface area (Å²) in [4.78, 5) is 0. The molecule has 14 heavy (non-hydrogen) atoms. The van der Waals surface area contributed by atoms with Crippen molar-refractivity contribution in [2.45, 2.75) is 70.6 Å². The summed E-state index contributed by atoms with van der Waals surface area (Å²) in [5, 5.41) is 0. The molecule has 0 aromatic rings. The second-order valence-corrected chi connectivity index (χ2v) is 5.07. The molecule has 0 unspecified atom stereocenters. The summed E-state index contributed by atoms with van der Waals surface area (Å²) in [5.74, 6) is 0.982. The van der Waals surface area contributed by atoms with Crippen LogP contribution >= 0.6 is 0 Å². The molecule has 0 nitrogen and oxygen atoms in total. The normalized spacial score (nSPS) is 26.4. The third-order valence-corrected chi connectivity index (χ3v) is 3.96. The largest absolute Gasteiger partial charge is 0.0851 e. The molecule has 0 heteroatoms. The molecule has 0 spiro atoms. The van der Waals surface area contributed by atoms with E-state index in [2.05, 4.69) is 6.08 Å². The summed E-state index contributed by atoms with van der Waals surface area (Å²) < 4.78 is 0. The van der Waals surface area contributed by atoms with Crippen LogP contribution in [-0.4, -0.2) is 0 Å². The Morgan fingerprint density at radius 2 is 1.50 bits per heavy atom. The molecule has 0 heterocycles. The second kappa shape index (κ2) is 5.58. The molecule has 0 amide bonds. The highest BCUT2D eigenvalue weighted by Crippen LogP contribution is 2.33. The van der Waals surface area contributed by atoms with Crippen LogP contribution in [0.2, 0.25) is 0 Å². The minimum Gasteiger partial charge on any atom is -0.0851 e. The Bertz CT molecular complexity index is 182. The highest BCUT2D eigenvalue weighted by atomic mass is 14.2. The molecule has 1 fully saturated rings. The van der Waals surface area contributed by atoms with Crippen LogP contribution in [0, 0.1) is 5.92 Å². The minimum atomic E-state index is 0.982. The lowest BCUT2D eigenvalue weighted by molar-refractivity contribution is 0.508. The van der Waals surface area contributed by atoms with E-state index in [4.69, 9.17) is 0 Å². The van der Waals surface area contributed by atoms with Crippen LogP contribution < -0.4 is 0 Å². The van der Waals surface area contributed by atoms with Crippen molar-refractivity contribution >= 4 is 0 Å². The van der Waals surface area contributed by atoms with E-state index in [0.29, 0.717) is 0 Å². The fourth-order valence-electron chi connectivity index (χ4n) is 3.06. The van der Waals surface area contributed by atoms with Crippen LogP contribution in [0.1, 0.15) is 70.6 Å². The van der Waals surface area contributed by atoms with Gasteiger partial charge in [0, 0.05) is 0 Å². The molecule has 0 atom stereocenters. The van der Waals surface area contributed by atoms with Gasteiger partial charge in [-0.2, -0.15) is 0 Å². The highest BCUT2D eigenvalue weighted by Gasteiger charge is 2.16. The highest BCUT2D eigenvalue weighted by molar-refractivity contribution is 5.08. The summed E-state index contributed by atoms with van der Waals surface area (Å²) >= 11 is 0. The first-order valence-electron chi connectivity index (χ1n) is 6.66. The van der Waals surface area contributed by atoms with Gasteiger partial charge in [-0.3, -0.25) is 0 Å². The molecule has 1 saturated carbocycles. The predicted octanol–water partition coefficient (Wildman–Crippen LogP) is 4.85. The first-order valence-corrected chi connectivity index (χ1v) is 6.66. The molecule has 0 aromatic carbocycles. The van der Waals surface area contributed by atoms with Crippen molar-refractivity contribution in [2.75, 3.05) is 0 Å². The third-order valence-electron chi connectivity index (χ3n) is 3.96. The molecule has 0 bridgehead atoms. The first-order chi connectivity index (χ1) is 6.97. The second-order valence-electron chi connectivity index (χ2n) is 5.07. The lowest BCUT2D eigenvalue weighted by atomic mass is 9.89. The van der Waals surface area contributed by atoms with Crippen molar-refractivity contribution < 1.29 is 0 Å². The van der Waals surface area contributed by atoms with Gasteiger partial charge >= 0.3 is 0 Å². The van der Waals surface area contributed by atoms with Gasteiger partial charge in [0.15, 0.2) is 0 Å². The fraction of sp³-hybridized carbons (Fsp3) is 0.857. The average Bonchev–Trinajstić information content (AvgIpc) is 2.62. The molecule has 0 aliphatic heterocycles. The molecule has 0 radical (unpaired) electrons. The molecule has 0 saturated heterocycles. The van der Waals surface area contributed by atoms with Gasteiger partial charge in [-0.15, -0.1) is 0 Å². The van der Waals surface area contributed by atoms with Crippen LogP contribution in [0.3, 0.4) is 0 Å². The van der Waals surface area contributed by atoms with Crippen LogP contribution in [-0.2, 0) is 0 Å². The first kappa shape index (κ1) is 10.3. The van der Waals surface area contributed by atoms with Crippen molar-refractivity contribution in [1.29, 1.82) is 0 Å². The topological polar surface area (TPSA) is 0 Å². The number of allylic oxidation sites excluding steroid dienone is 2. The standard InChI is InChI=1S/C14H24/c1-2-6-10-13(9-5-1)14-11-7-3-4-8-12-14/h9,14H,1-8,10-12H2. The summed E-state index contributed by atoms with van der Waals surface area (Å²) in [5.41, 5.74) is 1.84. The maximum atomic E-state index is 2.59. The summed E-state index contributed by atoms with van der Waals surface area (Å²) in [6.45, 7) is 0. The van der Waals surface area contributed by atoms with E-state index >= 15 is 0 Å². The monoisotopic (exact) mass is 192 g/mol. The van der Waals surface area contributed by atoms with Gasteiger partial charge < -0.3 is 0 Å². The molecular weight excluding hydrogens is 168 g/mol. The minimum absolute atomic E-state index is 0.982. The Morgan fingerprint density at radius 3 is 2.29 bits per heavy atom. The maximum Gasteiger partial charge on any atom is -0.0203 e. The van der Waals surface area contributed by atoms with Crippen molar-refractivity contribution in [2.24, 2.45) is 5.92 Å². The van der Waals surface area contributed by atoms with E-state index in [1.807, 2.05) is 5.57 Å². The average molecular weight is 192 g/mol. The SMILES string of the molecule is C1=C(C2CCCCCC2)CCCCC1. The Morgan fingerprint density at radius 1 is 0.786 bits per heavy atom. The summed E-state index contributed by atoms with van der Waals surface area (Å²) in [6.07, 6.45) is 18.7. The quantitative estimate of drug-likeness (QED) is 0.411. The van der Waals surface area contributed by atoms with Crippen LogP contribution in [0.5, 0.6) is 0 Å². The molecule has 80 valence electrons. The van der Waals surface area contributed by atoms with Crippen molar-refractivity contribution in [1.82, 2.24) is 0 Å². The van der Waals surface area contributed by atoms with Gasteiger partial charge in [-0.25, -0.2) is 0 Å². The number of rotatable bonds is 1. The van der Waals surface area contributed by atoms with Gasteiger partial charge in [0.05, 0.1) is 0 Å². The van der Waals surface area contributed by atoms with Gasteiger partial charge in [0.25, 0.3) is 0 Å². The van der Waals surface area contributed by atoms with Gasteiger partial charge in [0.1, 0.15) is 0 Å². The Labute approximate surface area is 88.8 Å². The van der Waals surface area contributed by atoms with E-state index in [0.717, 1.165) is 5.92 Å². The Hall–Kier alpha value is -0.260. The van der Waals surface area contributed by atoms with Crippen molar-refractivity contribution in [3.05, 3.63) is 11.6 Å². The molecule has 2 rings (SSSR count). The van der Waals surface area contributed by atoms with Crippen LogP contribution in [0.15, 0.2) is 11.6 Å². The molecule has 0 N–H and O–H groups in total. The zero-order valence-corrected chi connectivity index (χ0v) is 9.43. The lowest BCUT2D eigenvalue weighted by Gasteiger charge is -2.17. The Balaban J connectivity index is 1.93. The molecular formula is C14H24. The predicted molar refractivity (Wildman–Crippen MR) is 62.4 cm³/mol. The van der Waals surface area contributed by atoms with E-state index in [9.17, 15) is 0 Å². The smallest absolute Gasteiger partial charge is 0.0203 e. The van der Waals surface area contributed by atoms with Crippen LogP contribution in [0.25, 0.3) is 0 Å². The Kier molecular flexibility index (Phi) is 4.09. The lowest BCUT2D eigenvalue weighted by Crippen LogP contribution is -2.02. The third kappa shape index (κ3) is 2.87. The number of hydrogen-bond donors (Lipinski definition) is 0.